The number of allylic oxidation sites excluding steroid dienone is 1. The molecular formula is C21H38O2. The van der Waals surface area contributed by atoms with Crippen molar-refractivity contribution < 1.29 is 10.2 Å². The summed E-state index contributed by atoms with van der Waals surface area (Å²) in [6, 6.07) is 0. The molecule has 3 rings (SSSR count). The third-order valence-electron chi connectivity index (χ3n) is 7.74. The van der Waals surface area contributed by atoms with Gasteiger partial charge in [0.2, 0.25) is 0 Å². The molecule has 0 aromatic carbocycles. The summed E-state index contributed by atoms with van der Waals surface area (Å²) in [5.41, 5.74) is 2.09. The van der Waals surface area contributed by atoms with Crippen molar-refractivity contribution in [2.24, 2.45) is 28.6 Å². The first-order valence-corrected chi connectivity index (χ1v) is 9.87. The highest BCUT2D eigenvalue weighted by molar-refractivity contribution is 5.19. The molecule has 2 nitrogen and oxygen atoms in total. The van der Waals surface area contributed by atoms with E-state index in [1.165, 1.54) is 37.7 Å². The highest BCUT2D eigenvalue weighted by atomic mass is 16.3. The summed E-state index contributed by atoms with van der Waals surface area (Å²) in [7, 11) is 0. The number of hydrogen-bond donors (Lipinski definition) is 2. The van der Waals surface area contributed by atoms with Crippen LogP contribution in [0.5, 0.6) is 0 Å². The molecule has 0 saturated heterocycles. The van der Waals surface area contributed by atoms with Gasteiger partial charge in [0, 0.05) is 6.61 Å². The number of aliphatic hydroxyl groups excluding tert-OH is 2. The predicted octanol–water partition coefficient (Wildman–Crippen LogP) is 4.94. The molecule has 2 N–H and O–H groups in total. The van der Waals surface area contributed by atoms with Gasteiger partial charge in [0.1, 0.15) is 0 Å². The fourth-order valence-corrected chi connectivity index (χ4v) is 5.75. The maximum absolute atomic E-state index is 9.94. The first-order valence-electron chi connectivity index (χ1n) is 9.87. The number of fused-ring (bicyclic) bond motifs is 1. The Hall–Kier alpha value is -0.340. The molecule has 0 aromatic heterocycles. The SMILES string of the molecule is C=C1CCC2CC(C3(C)CCC(O)CC3CO)CCC12C.CC. The lowest BCUT2D eigenvalue weighted by Crippen LogP contribution is -2.46. The Morgan fingerprint density at radius 2 is 1.74 bits per heavy atom. The van der Waals surface area contributed by atoms with Gasteiger partial charge in [-0.05, 0) is 80.0 Å². The first kappa shape index (κ1) is 19.0. The molecule has 134 valence electrons. The largest absolute Gasteiger partial charge is 0.396 e. The lowest BCUT2D eigenvalue weighted by molar-refractivity contribution is -0.0661. The van der Waals surface area contributed by atoms with Gasteiger partial charge in [0.25, 0.3) is 0 Å². The van der Waals surface area contributed by atoms with E-state index < -0.39 is 0 Å². The molecule has 23 heavy (non-hydrogen) atoms. The van der Waals surface area contributed by atoms with Gasteiger partial charge in [0.15, 0.2) is 0 Å². The van der Waals surface area contributed by atoms with E-state index in [9.17, 15) is 10.2 Å². The van der Waals surface area contributed by atoms with Crippen molar-refractivity contribution in [2.45, 2.75) is 85.2 Å². The second kappa shape index (κ2) is 7.27. The molecule has 0 radical (unpaired) electrons. The van der Waals surface area contributed by atoms with Gasteiger partial charge >= 0.3 is 0 Å². The smallest absolute Gasteiger partial charge is 0.0544 e. The summed E-state index contributed by atoms with van der Waals surface area (Å²) >= 11 is 0. The molecule has 0 aromatic rings. The summed E-state index contributed by atoms with van der Waals surface area (Å²) < 4.78 is 0. The Bertz CT molecular complexity index is 418. The van der Waals surface area contributed by atoms with Crippen LogP contribution in [0.3, 0.4) is 0 Å². The van der Waals surface area contributed by atoms with Crippen molar-refractivity contribution in [3.05, 3.63) is 12.2 Å². The molecule has 0 spiro atoms. The molecule has 3 aliphatic carbocycles. The number of aliphatic hydroxyl groups is 2. The minimum absolute atomic E-state index is 0.199. The zero-order chi connectivity index (χ0) is 17.3. The molecule has 0 aliphatic heterocycles. The summed E-state index contributed by atoms with van der Waals surface area (Å²) in [4.78, 5) is 0. The predicted molar refractivity (Wildman–Crippen MR) is 97.2 cm³/mol. The van der Waals surface area contributed by atoms with E-state index in [0.717, 1.165) is 25.2 Å². The van der Waals surface area contributed by atoms with E-state index in [0.29, 0.717) is 11.3 Å². The Kier molecular flexibility index (Phi) is 6.00. The van der Waals surface area contributed by atoms with Crippen LogP contribution < -0.4 is 0 Å². The van der Waals surface area contributed by atoms with Crippen molar-refractivity contribution in [1.82, 2.24) is 0 Å². The molecule has 3 fully saturated rings. The third kappa shape index (κ3) is 3.26. The van der Waals surface area contributed by atoms with E-state index in [4.69, 9.17) is 0 Å². The Morgan fingerprint density at radius 3 is 2.39 bits per heavy atom. The average Bonchev–Trinajstić information content (AvgIpc) is 2.86. The van der Waals surface area contributed by atoms with E-state index in [-0.39, 0.29) is 24.0 Å². The third-order valence-corrected chi connectivity index (χ3v) is 7.74. The molecular weight excluding hydrogens is 284 g/mol. The van der Waals surface area contributed by atoms with Crippen LogP contribution in [0, 0.1) is 28.6 Å². The molecule has 3 aliphatic rings. The van der Waals surface area contributed by atoms with Crippen molar-refractivity contribution in [2.75, 3.05) is 6.61 Å². The van der Waals surface area contributed by atoms with Crippen molar-refractivity contribution in [3.63, 3.8) is 0 Å². The van der Waals surface area contributed by atoms with Gasteiger partial charge in [-0.1, -0.05) is 39.8 Å². The second-order valence-electron chi connectivity index (χ2n) is 8.54. The molecule has 0 bridgehead atoms. The van der Waals surface area contributed by atoms with Gasteiger partial charge in [-0.25, -0.2) is 0 Å². The fraction of sp³-hybridized carbons (Fsp3) is 0.905. The van der Waals surface area contributed by atoms with E-state index in [1.54, 1.807) is 0 Å². The number of hydrogen-bond acceptors (Lipinski definition) is 2. The van der Waals surface area contributed by atoms with Gasteiger partial charge in [-0.15, -0.1) is 0 Å². The molecule has 0 amide bonds. The quantitative estimate of drug-likeness (QED) is 0.707. The van der Waals surface area contributed by atoms with Crippen LogP contribution in [0.25, 0.3) is 0 Å². The number of rotatable bonds is 2. The summed E-state index contributed by atoms with van der Waals surface area (Å²) in [5.74, 6) is 1.79. The van der Waals surface area contributed by atoms with E-state index in [2.05, 4.69) is 20.4 Å². The van der Waals surface area contributed by atoms with Gasteiger partial charge in [-0.3, -0.25) is 0 Å². The molecule has 6 atom stereocenters. The van der Waals surface area contributed by atoms with Crippen LogP contribution in [0.4, 0.5) is 0 Å². The lowest BCUT2D eigenvalue weighted by atomic mass is 9.53. The van der Waals surface area contributed by atoms with Crippen LogP contribution in [0.1, 0.15) is 79.1 Å². The molecule has 3 saturated carbocycles. The van der Waals surface area contributed by atoms with E-state index >= 15 is 0 Å². The average molecular weight is 323 g/mol. The van der Waals surface area contributed by atoms with Gasteiger partial charge < -0.3 is 10.2 Å². The first-order chi connectivity index (χ1) is 10.9. The highest BCUT2D eigenvalue weighted by Gasteiger charge is 2.51. The summed E-state index contributed by atoms with van der Waals surface area (Å²) in [5, 5.41) is 19.8. The van der Waals surface area contributed by atoms with Crippen molar-refractivity contribution in [3.8, 4) is 0 Å². The monoisotopic (exact) mass is 322 g/mol. The zero-order valence-electron chi connectivity index (χ0n) is 15.8. The minimum atomic E-state index is -0.199. The Balaban J connectivity index is 0.000000924. The van der Waals surface area contributed by atoms with Crippen molar-refractivity contribution in [1.29, 1.82) is 0 Å². The van der Waals surface area contributed by atoms with Gasteiger partial charge in [0.05, 0.1) is 6.10 Å². The maximum atomic E-state index is 9.94. The highest BCUT2D eigenvalue weighted by Crippen LogP contribution is 2.61. The topological polar surface area (TPSA) is 40.5 Å². The summed E-state index contributed by atoms with van der Waals surface area (Å²) in [6.07, 6.45) is 8.96. The standard InChI is InChI=1S/C19H32O2.C2H6/c1-13-4-5-14-10-15(6-8-18(13,14)2)19(3)9-7-17(21)11-16(19)12-20;1-2/h14-17,20-21H,1,4-12H2,2-3H3;1-2H3. The second-order valence-corrected chi connectivity index (χ2v) is 8.54. The van der Waals surface area contributed by atoms with Gasteiger partial charge in [-0.2, -0.15) is 0 Å². The fourth-order valence-electron chi connectivity index (χ4n) is 5.75. The summed E-state index contributed by atoms with van der Waals surface area (Å²) in [6.45, 7) is 13.4. The van der Waals surface area contributed by atoms with Crippen molar-refractivity contribution >= 4 is 0 Å². The van der Waals surface area contributed by atoms with Crippen LogP contribution in [0.2, 0.25) is 0 Å². The molecule has 0 heterocycles. The molecule has 2 heteroatoms. The maximum Gasteiger partial charge on any atom is 0.0544 e. The Morgan fingerprint density at radius 1 is 1.04 bits per heavy atom. The Labute approximate surface area is 143 Å². The lowest BCUT2D eigenvalue weighted by Gasteiger charge is -2.52. The van der Waals surface area contributed by atoms with E-state index in [1.807, 2.05) is 13.8 Å². The van der Waals surface area contributed by atoms with Crippen LogP contribution in [-0.2, 0) is 0 Å². The van der Waals surface area contributed by atoms with Crippen LogP contribution in [0.15, 0.2) is 12.2 Å². The van der Waals surface area contributed by atoms with Crippen LogP contribution in [-0.4, -0.2) is 22.9 Å². The molecule has 6 unspecified atom stereocenters. The zero-order valence-corrected chi connectivity index (χ0v) is 15.8. The van der Waals surface area contributed by atoms with Crippen LogP contribution >= 0.6 is 0 Å². The normalized spacial score (nSPS) is 46.8. The minimum Gasteiger partial charge on any atom is -0.396 e.